The maximum Gasteiger partial charge on any atom is 0.225 e. The standard InChI is InChI=1S/C14H28N2O2/c1-10(2)7-8-15-12(17)11-9-13(3,4)16(18)14(11,5)6/h10-11,18H,7-9H2,1-6H3,(H,15,17). The van der Waals surface area contributed by atoms with Gasteiger partial charge in [0.15, 0.2) is 0 Å². The van der Waals surface area contributed by atoms with Gasteiger partial charge in [-0.25, -0.2) is 0 Å². The fourth-order valence-electron chi connectivity index (χ4n) is 2.78. The van der Waals surface area contributed by atoms with Crippen LogP contribution in [0.3, 0.4) is 0 Å². The lowest BCUT2D eigenvalue weighted by Crippen LogP contribution is -2.50. The van der Waals surface area contributed by atoms with E-state index in [1.165, 1.54) is 5.06 Å². The van der Waals surface area contributed by atoms with E-state index >= 15 is 0 Å². The molecule has 0 bridgehead atoms. The van der Waals surface area contributed by atoms with E-state index in [0.717, 1.165) is 13.0 Å². The van der Waals surface area contributed by atoms with Crippen LogP contribution in [0.1, 0.15) is 54.4 Å². The number of nitrogens with zero attached hydrogens (tertiary/aromatic N) is 1. The normalized spacial score (nSPS) is 26.6. The lowest BCUT2D eigenvalue weighted by atomic mass is 9.86. The topological polar surface area (TPSA) is 52.6 Å². The minimum atomic E-state index is -0.509. The Labute approximate surface area is 111 Å². The van der Waals surface area contributed by atoms with Crippen molar-refractivity contribution in [2.75, 3.05) is 6.54 Å². The Morgan fingerprint density at radius 2 is 1.94 bits per heavy atom. The van der Waals surface area contributed by atoms with Crippen molar-refractivity contribution in [1.82, 2.24) is 10.4 Å². The van der Waals surface area contributed by atoms with Gasteiger partial charge in [-0.05, 0) is 46.5 Å². The zero-order valence-electron chi connectivity index (χ0n) is 12.6. The average Bonchev–Trinajstić information content (AvgIpc) is 2.38. The van der Waals surface area contributed by atoms with Crippen molar-refractivity contribution in [3.8, 4) is 0 Å². The number of rotatable bonds is 4. The quantitative estimate of drug-likeness (QED) is 0.812. The van der Waals surface area contributed by atoms with Gasteiger partial charge in [0.1, 0.15) is 0 Å². The minimum Gasteiger partial charge on any atom is -0.356 e. The van der Waals surface area contributed by atoms with Crippen LogP contribution >= 0.6 is 0 Å². The predicted octanol–water partition coefficient (Wildman–Crippen LogP) is 2.42. The Hall–Kier alpha value is -0.610. The molecule has 0 aromatic heterocycles. The van der Waals surface area contributed by atoms with Crippen molar-refractivity contribution < 1.29 is 10.0 Å². The third-order valence-electron chi connectivity index (χ3n) is 4.01. The zero-order valence-corrected chi connectivity index (χ0v) is 12.6. The van der Waals surface area contributed by atoms with Crippen molar-refractivity contribution in [2.45, 2.75) is 65.5 Å². The molecule has 1 saturated heterocycles. The molecule has 1 rings (SSSR count). The van der Waals surface area contributed by atoms with Crippen LogP contribution in [0.4, 0.5) is 0 Å². The van der Waals surface area contributed by atoms with E-state index in [1.54, 1.807) is 0 Å². The average molecular weight is 256 g/mol. The third kappa shape index (κ3) is 3.04. The lowest BCUT2D eigenvalue weighted by molar-refractivity contribution is -0.197. The molecule has 1 aliphatic rings. The van der Waals surface area contributed by atoms with E-state index < -0.39 is 5.54 Å². The molecule has 1 aliphatic heterocycles. The van der Waals surface area contributed by atoms with Gasteiger partial charge >= 0.3 is 0 Å². The minimum absolute atomic E-state index is 0.0604. The molecule has 1 amide bonds. The van der Waals surface area contributed by atoms with Gasteiger partial charge in [0, 0.05) is 12.1 Å². The van der Waals surface area contributed by atoms with Crippen LogP contribution in [0.25, 0.3) is 0 Å². The van der Waals surface area contributed by atoms with Gasteiger partial charge in [-0.1, -0.05) is 13.8 Å². The second-order valence-electron chi connectivity index (χ2n) is 7.01. The van der Waals surface area contributed by atoms with Crippen LogP contribution < -0.4 is 5.32 Å². The number of hydrogen-bond donors (Lipinski definition) is 2. The molecule has 0 saturated carbocycles. The molecule has 4 nitrogen and oxygen atoms in total. The third-order valence-corrected chi connectivity index (χ3v) is 4.01. The van der Waals surface area contributed by atoms with Gasteiger partial charge in [0.2, 0.25) is 5.91 Å². The molecule has 1 atom stereocenters. The molecule has 4 heteroatoms. The summed E-state index contributed by atoms with van der Waals surface area (Å²) in [7, 11) is 0. The fourth-order valence-corrected chi connectivity index (χ4v) is 2.78. The zero-order chi connectivity index (χ0) is 14.1. The SMILES string of the molecule is CC(C)CCNC(=O)C1CC(C)(C)N(O)C1(C)C. The van der Waals surface area contributed by atoms with Crippen LogP contribution in [0.5, 0.6) is 0 Å². The van der Waals surface area contributed by atoms with E-state index in [4.69, 9.17) is 0 Å². The van der Waals surface area contributed by atoms with E-state index in [-0.39, 0.29) is 17.4 Å². The molecular formula is C14H28N2O2. The van der Waals surface area contributed by atoms with Gasteiger partial charge in [0.05, 0.1) is 11.5 Å². The lowest BCUT2D eigenvalue weighted by Gasteiger charge is -2.35. The number of carbonyl (C=O) groups excluding carboxylic acids is 1. The summed E-state index contributed by atoms with van der Waals surface area (Å²) in [6, 6.07) is 0. The largest absolute Gasteiger partial charge is 0.356 e. The molecule has 0 radical (unpaired) electrons. The van der Waals surface area contributed by atoms with E-state index in [0.29, 0.717) is 12.3 Å². The molecule has 0 spiro atoms. The number of nitrogens with one attached hydrogen (secondary N) is 1. The van der Waals surface area contributed by atoms with E-state index in [9.17, 15) is 10.0 Å². The van der Waals surface area contributed by atoms with Crippen LogP contribution in [0.15, 0.2) is 0 Å². The molecule has 106 valence electrons. The summed E-state index contributed by atoms with van der Waals surface area (Å²) in [6.45, 7) is 12.8. The summed E-state index contributed by atoms with van der Waals surface area (Å²) in [5.41, 5.74) is -0.852. The van der Waals surface area contributed by atoms with Crippen LogP contribution in [0.2, 0.25) is 0 Å². The summed E-state index contributed by atoms with van der Waals surface area (Å²) in [5.74, 6) is 0.489. The summed E-state index contributed by atoms with van der Waals surface area (Å²) < 4.78 is 0. The number of carbonyl (C=O) groups is 1. The van der Waals surface area contributed by atoms with E-state index in [1.807, 2.05) is 27.7 Å². The Morgan fingerprint density at radius 3 is 2.33 bits per heavy atom. The van der Waals surface area contributed by atoms with Crippen molar-refractivity contribution in [2.24, 2.45) is 11.8 Å². The predicted molar refractivity (Wildman–Crippen MR) is 72.4 cm³/mol. The maximum atomic E-state index is 12.2. The molecule has 0 aromatic carbocycles. The molecule has 0 aliphatic carbocycles. The van der Waals surface area contributed by atoms with Gasteiger partial charge in [-0.2, -0.15) is 5.06 Å². The van der Waals surface area contributed by atoms with Gasteiger partial charge < -0.3 is 10.5 Å². The molecule has 18 heavy (non-hydrogen) atoms. The number of hydrogen-bond acceptors (Lipinski definition) is 3. The van der Waals surface area contributed by atoms with Crippen LogP contribution in [-0.2, 0) is 4.79 Å². The number of amides is 1. The second-order valence-corrected chi connectivity index (χ2v) is 7.01. The molecule has 1 fully saturated rings. The first-order chi connectivity index (χ1) is 8.09. The fraction of sp³-hybridized carbons (Fsp3) is 0.929. The van der Waals surface area contributed by atoms with Gasteiger partial charge in [-0.3, -0.25) is 4.79 Å². The Balaban J connectivity index is 2.64. The van der Waals surface area contributed by atoms with Crippen LogP contribution in [0, 0.1) is 11.8 Å². The Bertz CT molecular complexity index is 311. The highest BCUT2D eigenvalue weighted by molar-refractivity contribution is 5.80. The van der Waals surface area contributed by atoms with Gasteiger partial charge in [-0.15, -0.1) is 0 Å². The van der Waals surface area contributed by atoms with Crippen molar-refractivity contribution >= 4 is 5.91 Å². The summed E-state index contributed by atoms with van der Waals surface area (Å²) >= 11 is 0. The van der Waals surface area contributed by atoms with Crippen molar-refractivity contribution in [1.29, 1.82) is 0 Å². The van der Waals surface area contributed by atoms with E-state index in [2.05, 4.69) is 19.2 Å². The summed E-state index contributed by atoms with van der Waals surface area (Å²) in [5, 5.41) is 14.5. The monoisotopic (exact) mass is 256 g/mol. The highest BCUT2D eigenvalue weighted by atomic mass is 16.5. The molecule has 0 aromatic rings. The first-order valence-corrected chi connectivity index (χ1v) is 6.86. The molecular weight excluding hydrogens is 228 g/mol. The maximum absolute atomic E-state index is 12.2. The van der Waals surface area contributed by atoms with Crippen LogP contribution in [-0.4, -0.2) is 33.8 Å². The van der Waals surface area contributed by atoms with Crippen molar-refractivity contribution in [3.05, 3.63) is 0 Å². The molecule has 1 unspecified atom stereocenters. The highest BCUT2D eigenvalue weighted by Crippen LogP contribution is 2.43. The van der Waals surface area contributed by atoms with Crippen molar-refractivity contribution in [3.63, 3.8) is 0 Å². The smallest absolute Gasteiger partial charge is 0.225 e. The molecule has 1 heterocycles. The second kappa shape index (κ2) is 5.17. The molecule has 2 N–H and O–H groups in total. The first kappa shape index (κ1) is 15.4. The Kier molecular flexibility index (Phi) is 4.44. The summed E-state index contributed by atoms with van der Waals surface area (Å²) in [6.07, 6.45) is 1.68. The highest BCUT2D eigenvalue weighted by Gasteiger charge is 2.54. The number of hydroxylamine groups is 2. The Morgan fingerprint density at radius 1 is 1.39 bits per heavy atom. The first-order valence-electron chi connectivity index (χ1n) is 6.86. The van der Waals surface area contributed by atoms with Gasteiger partial charge in [0.25, 0.3) is 0 Å². The summed E-state index contributed by atoms with van der Waals surface area (Å²) in [4.78, 5) is 12.2.